The van der Waals surface area contributed by atoms with Crippen molar-refractivity contribution in [2.24, 2.45) is 16.7 Å². The maximum atomic E-state index is 6.76. The Morgan fingerprint density at radius 3 is 2.61 bits per heavy atom. The monoisotopic (exact) mass is 310 g/mol. The van der Waals surface area contributed by atoms with E-state index in [1.807, 2.05) is 0 Å². The highest BCUT2D eigenvalue weighted by atomic mass is 16.7. The molecule has 1 aromatic carbocycles. The van der Waals surface area contributed by atoms with Crippen molar-refractivity contribution in [3.8, 4) is 0 Å². The largest absolute Gasteiger partial charge is 0.462 e. The van der Waals surface area contributed by atoms with Crippen LogP contribution < -0.4 is 0 Å². The van der Waals surface area contributed by atoms with Gasteiger partial charge in [0, 0.05) is 11.7 Å². The van der Waals surface area contributed by atoms with Crippen LogP contribution in [0.1, 0.15) is 46.1 Å². The molecule has 0 N–H and O–H groups in total. The Morgan fingerprint density at radius 1 is 1.26 bits per heavy atom. The highest BCUT2D eigenvalue weighted by Gasteiger charge is 2.78. The molecule has 3 fully saturated rings. The van der Waals surface area contributed by atoms with Crippen molar-refractivity contribution in [3.05, 3.63) is 48.0 Å². The molecule has 3 heteroatoms. The van der Waals surface area contributed by atoms with Crippen LogP contribution in [0.4, 0.5) is 0 Å². The fraction of sp³-hybridized carbons (Fsp3) is 0.600. The smallest absolute Gasteiger partial charge is 0.404 e. The molecule has 1 aliphatic heterocycles. The van der Waals surface area contributed by atoms with Crippen molar-refractivity contribution >= 4 is 7.12 Å². The Kier molecular flexibility index (Phi) is 3.19. The Bertz CT molecular complexity index is 640. The zero-order valence-corrected chi connectivity index (χ0v) is 14.8. The number of allylic oxidation sites excluding steroid dienone is 1. The summed E-state index contributed by atoms with van der Waals surface area (Å²) in [6.07, 6.45) is 3.39. The van der Waals surface area contributed by atoms with Crippen LogP contribution in [0.5, 0.6) is 0 Å². The Morgan fingerprint density at radius 2 is 1.96 bits per heavy atom. The van der Waals surface area contributed by atoms with Crippen LogP contribution in [0.15, 0.2) is 42.5 Å². The van der Waals surface area contributed by atoms with Crippen LogP contribution in [0.3, 0.4) is 0 Å². The third-order valence-corrected chi connectivity index (χ3v) is 7.22. The second-order valence-corrected chi connectivity index (χ2v) is 8.57. The Balaban J connectivity index is 1.85. The summed E-state index contributed by atoms with van der Waals surface area (Å²) in [7, 11) is -0.159. The molecule has 2 bridgehead atoms. The van der Waals surface area contributed by atoms with Crippen LogP contribution in [-0.2, 0) is 14.9 Å². The van der Waals surface area contributed by atoms with Crippen molar-refractivity contribution < 1.29 is 9.31 Å². The molecule has 1 heterocycles. The van der Waals surface area contributed by atoms with E-state index in [1.165, 1.54) is 18.4 Å². The number of rotatable bonds is 3. The molecule has 4 rings (SSSR count). The normalized spacial score (nSPS) is 40.4. The quantitative estimate of drug-likeness (QED) is 0.589. The van der Waals surface area contributed by atoms with Crippen LogP contribution >= 0.6 is 0 Å². The first-order valence-corrected chi connectivity index (χ1v) is 8.86. The summed E-state index contributed by atoms with van der Waals surface area (Å²) in [4.78, 5) is 0. The lowest BCUT2D eigenvalue weighted by Crippen LogP contribution is -2.50. The van der Waals surface area contributed by atoms with E-state index in [1.54, 1.807) is 0 Å². The van der Waals surface area contributed by atoms with E-state index in [-0.39, 0.29) is 29.7 Å². The molecule has 4 atom stereocenters. The third kappa shape index (κ3) is 1.73. The lowest BCUT2D eigenvalue weighted by Gasteiger charge is -2.48. The summed E-state index contributed by atoms with van der Waals surface area (Å²) in [5.41, 5.74) is 2.41. The van der Waals surface area contributed by atoms with Crippen molar-refractivity contribution in [3.63, 3.8) is 0 Å². The maximum Gasteiger partial charge on any atom is 0.462 e. The standard InChI is InChI=1S/C20H27BO2/c1-14(2)13-21-22-17-16-11-12-19(5,18(16,3)4)20(17,23-21)15-9-7-6-8-10-15/h6-10,16-17H,1,11-13H2,2-5H3/t16-,17-,19-,20-/m1/s1. The first-order chi connectivity index (χ1) is 10.8. The predicted octanol–water partition coefficient (Wildman–Crippen LogP) is 4.82. The van der Waals surface area contributed by atoms with E-state index < -0.39 is 0 Å². The topological polar surface area (TPSA) is 18.5 Å². The molecule has 3 aliphatic rings. The summed E-state index contributed by atoms with van der Waals surface area (Å²) in [5.74, 6) is 0.558. The summed E-state index contributed by atoms with van der Waals surface area (Å²) >= 11 is 0. The van der Waals surface area contributed by atoms with Crippen molar-refractivity contribution in [2.45, 2.75) is 58.6 Å². The summed E-state index contributed by atoms with van der Waals surface area (Å²) in [6.45, 7) is 13.3. The first-order valence-electron chi connectivity index (χ1n) is 8.86. The van der Waals surface area contributed by atoms with Crippen molar-refractivity contribution in [1.82, 2.24) is 0 Å². The fourth-order valence-corrected chi connectivity index (χ4v) is 5.73. The van der Waals surface area contributed by atoms with E-state index in [2.05, 4.69) is 64.6 Å². The van der Waals surface area contributed by atoms with Gasteiger partial charge in [0.1, 0.15) is 5.60 Å². The van der Waals surface area contributed by atoms with E-state index in [4.69, 9.17) is 9.31 Å². The van der Waals surface area contributed by atoms with Gasteiger partial charge in [-0.3, -0.25) is 0 Å². The van der Waals surface area contributed by atoms with E-state index >= 15 is 0 Å². The van der Waals surface area contributed by atoms with Crippen molar-refractivity contribution in [2.75, 3.05) is 0 Å². The molecule has 1 saturated heterocycles. The lowest BCUT2D eigenvalue weighted by atomic mass is 9.61. The fourth-order valence-electron chi connectivity index (χ4n) is 5.73. The van der Waals surface area contributed by atoms with Gasteiger partial charge >= 0.3 is 7.12 Å². The molecule has 0 radical (unpaired) electrons. The minimum atomic E-state index is -0.319. The lowest BCUT2D eigenvalue weighted by molar-refractivity contribution is -0.0804. The second kappa shape index (κ2) is 4.74. The molecule has 0 amide bonds. The number of fused-ring (bicyclic) bond motifs is 5. The molecule has 0 spiro atoms. The molecule has 2 saturated carbocycles. The average molecular weight is 310 g/mol. The average Bonchev–Trinajstić information content (AvgIpc) is 3.02. The highest BCUT2D eigenvalue weighted by molar-refractivity contribution is 6.46. The minimum absolute atomic E-state index is 0.0977. The molecule has 23 heavy (non-hydrogen) atoms. The first kappa shape index (κ1) is 15.5. The van der Waals surface area contributed by atoms with Gasteiger partial charge in [-0.05, 0) is 36.7 Å². The zero-order chi connectivity index (χ0) is 16.5. The molecule has 122 valence electrons. The summed E-state index contributed by atoms with van der Waals surface area (Å²) < 4.78 is 13.3. The van der Waals surface area contributed by atoms with Gasteiger partial charge in [0.05, 0.1) is 6.10 Å². The van der Waals surface area contributed by atoms with Crippen LogP contribution in [0.2, 0.25) is 6.32 Å². The molecule has 0 unspecified atom stereocenters. The molecular weight excluding hydrogens is 283 g/mol. The van der Waals surface area contributed by atoms with Crippen LogP contribution in [0, 0.1) is 16.7 Å². The van der Waals surface area contributed by atoms with Crippen LogP contribution in [0.25, 0.3) is 0 Å². The summed E-state index contributed by atoms with van der Waals surface area (Å²) in [5, 5.41) is 0. The molecule has 1 aromatic rings. The van der Waals surface area contributed by atoms with Crippen LogP contribution in [-0.4, -0.2) is 13.2 Å². The number of hydrogen-bond donors (Lipinski definition) is 0. The SMILES string of the molecule is C=C(C)CB1O[C@@H]2[C@H]3CC[C@](C)(C3(C)C)[C@]2(c2ccccc2)O1. The van der Waals surface area contributed by atoms with E-state index in [0.29, 0.717) is 5.92 Å². The zero-order valence-electron chi connectivity index (χ0n) is 14.8. The molecule has 2 nitrogen and oxygen atoms in total. The Labute approximate surface area is 140 Å². The predicted molar refractivity (Wildman–Crippen MR) is 94.1 cm³/mol. The highest BCUT2D eigenvalue weighted by Crippen LogP contribution is 2.76. The number of hydrogen-bond acceptors (Lipinski definition) is 2. The third-order valence-electron chi connectivity index (χ3n) is 7.22. The van der Waals surface area contributed by atoms with Gasteiger partial charge < -0.3 is 9.31 Å². The van der Waals surface area contributed by atoms with Gasteiger partial charge in [-0.15, -0.1) is 6.58 Å². The Hall–Kier alpha value is -1.06. The number of benzene rings is 1. The molecular formula is C20H27BO2. The van der Waals surface area contributed by atoms with Gasteiger partial charge in [0.25, 0.3) is 0 Å². The summed E-state index contributed by atoms with van der Waals surface area (Å²) in [6, 6.07) is 10.8. The van der Waals surface area contributed by atoms with Gasteiger partial charge in [-0.1, -0.05) is 56.7 Å². The molecule has 2 aliphatic carbocycles. The van der Waals surface area contributed by atoms with E-state index in [9.17, 15) is 0 Å². The maximum absolute atomic E-state index is 6.76. The van der Waals surface area contributed by atoms with Gasteiger partial charge in [0.2, 0.25) is 0 Å². The van der Waals surface area contributed by atoms with Crippen molar-refractivity contribution in [1.29, 1.82) is 0 Å². The second-order valence-electron chi connectivity index (χ2n) is 8.57. The minimum Gasteiger partial charge on any atom is -0.404 e. The van der Waals surface area contributed by atoms with E-state index in [0.717, 1.165) is 11.9 Å². The van der Waals surface area contributed by atoms with Gasteiger partial charge in [0.15, 0.2) is 0 Å². The molecule has 0 aromatic heterocycles. The van der Waals surface area contributed by atoms with Gasteiger partial charge in [-0.2, -0.15) is 0 Å². The van der Waals surface area contributed by atoms with Gasteiger partial charge in [-0.25, -0.2) is 0 Å².